The summed E-state index contributed by atoms with van der Waals surface area (Å²) in [5.41, 5.74) is 2.89. The molecule has 0 radical (unpaired) electrons. The zero-order chi connectivity index (χ0) is 24.9. The monoisotopic (exact) mass is 493 g/mol. The highest BCUT2D eigenvalue weighted by atomic mass is 35.5. The summed E-state index contributed by atoms with van der Waals surface area (Å²) in [5.74, 6) is -0.804. The Labute approximate surface area is 201 Å². The Balaban J connectivity index is 2.42. The predicted octanol–water partition coefficient (Wildman–Crippen LogP) is 3.66. The molecule has 2 amide bonds. The fourth-order valence-corrected chi connectivity index (χ4v) is 4.39. The normalized spacial score (nSPS) is 12.4. The first-order valence-corrected chi connectivity index (χ1v) is 12.9. The van der Waals surface area contributed by atoms with Gasteiger partial charge in [-0.2, -0.15) is 0 Å². The van der Waals surface area contributed by atoms with E-state index in [0.29, 0.717) is 16.3 Å². The lowest BCUT2D eigenvalue weighted by Gasteiger charge is -2.32. The minimum absolute atomic E-state index is 0.0992. The van der Waals surface area contributed by atoms with Crippen LogP contribution in [0.15, 0.2) is 42.5 Å². The van der Waals surface area contributed by atoms with E-state index in [1.54, 1.807) is 26.0 Å². The zero-order valence-electron chi connectivity index (χ0n) is 19.9. The van der Waals surface area contributed by atoms with Crippen molar-refractivity contribution in [3.8, 4) is 0 Å². The molecule has 0 heterocycles. The van der Waals surface area contributed by atoms with Gasteiger partial charge in [-0.15, -0.1) is 0 Å². The molecule has 0 saturated carbocycles. The van der Waals surface area contributed by atoms with Crippen LogP contribution < -0.4 is 9.62 Å². The second-order valence-electron chi connectivity index (χ2n) is 8.55. The van der Waals surface area contributed by atoms with Crippen LogP contribution in [0, 0.1) is 13.8 Å². The number of carbonyl (C=O) groups excluding carboxylic acids is 2. The van der Waals surface area contributed by atoms with Gasteiger partial charge in [-0.1, -0.05) is 47.5 Å². The van der Waals surface area contributed by atoms with E-state index in [4.69, 9.17) is 11.6 Å². The van der Waals surface area contributed by atoms with Crippen molar-refractivity contribution in [1.82, 2.24) is 10.2 Å². The molecule has 0 unspecified atom stereocenters. The van der Waals surface area contributed by atoms with Crippen LogP contribution in [0.5, 0.6) is 0 Å². The van der Waals surface area contributed by atoms with E-state index >= 15 is 0 Å². The van der Waals surface area contributed by atoms with E-state index in [0.717, 1.165) is 21.7 Å². The number of anilines is 1. The number of rotatable bonds is 9. The molecule has 1 N–H and O–H groups in total. The molecule has 0 aliphatic carbocycles. The van der Waals surface area contributed by atoms with Gasteiger partial charge in [0.15, 0.2) is 0 Å². The summed E-state index contributed by atoms with van der Waals surface area (Å²) in [7, 11) is -3.80. The number of nitrogens with one attached hydrogen (secondary N) is 1. The molecule has 2 rings (SSSR count). The van der Waals surface area contributed by atoms with Crippen LogP contribution >= 0.6 is 11.6 Å². The first-order valence-electron chi connectivity index (χ1n) is 10.7. The summed E-state index contributed by atoms with van der Waals surface area (Å²) < 4.78 is 26.3. The Hall–Kier alpha value is -2.58. The molecule has 0 aromatic heterocycles. The number of hydrogen-bond acceptors (Lipinski definition) is 4. The van der Waals surface area contributed by atoms with Gasteiger partial charge in [0, 0.05) is 17.6 Å². The third-order valence-electron chi connectivity index (χ3n) is 5.19. The van der Waals surface area contributed by atoms with Crippen molar-refractivity contribution in [3.63, 3.8) is 0 Å². The third-order valence-corrected chi connectivity index (χ3v) is 6.55. The zero-order valence-corrected chi connectivity index (χ0v) is 21.5. The van der Waals surface area contributed by atoms with Gasteiger partial charge in [0.2, 0.25) is 21.8 Å². The molecule has 2 aromatic carbocycles. The van der Waals surface area contributed by atoms with Gasteiger partial charge < -0.3 is 10.2 Å². The number of halogens is 1. The van der Waals surface area contributed by atoms with Crippen LogP contribution in [0.2, 0.25) is 5.02 Å². The SMILES string of the molecule is Cc1ccc(CN(C(=O)CN(c2cc(Cl)ccc2C)S(C)(=O)=O)[C@H](C)C(=O)NC(C)C)cc1. The number of nitrogens with zero attached hydrogens (tertiary/aromatic N) is 2. The molecule has 7 nitrogen and oxygen atoms in total. The Morgan fingerprint density at radius 1 is 1.03 bits per heavy atom. The summed E-state index contributed by atoms with van der Waals surface area (Å²) in [6.45, 7) is 8.73. The van der Waals surface area contributed by atoms with Crippen molar-refractivity contribution < 1.29 is 18.0 Å². The van der Waals surface area contributed by atoms with Gasteiger partial charge in [-0.3, -0.25) is 13.9 Å². The number of aryl methyl sites for hydroxylation is 2. The Morgan fingerprint density at radius 2 is 1.64 bits per heavy atom. The van der Waals surface area contributed by atoms with Crippen LogP contribution in [0.4, 0.5) is 5.69 Å². The highest BCUT2D eigenvalue weighted by Crippen LogP contribution is 2.26. The van der Waals surface area contributed by atoms with Crippen molar-refractivity contribution in [1.29, 1.82) is 0 Å². The minimum Gasteiger partial charge on any atom is -0.352 e. The van der Waals surface area contributed by atoms with Crippen molar-refractivity contribution in [2.45, 2.75) is 53.2 Å². The molecule has 0 aliphatic heterocycles. The van der Waals surface area contributed by atoms with Gasteiger partial charge in [-0.05, 0) is 57.9 Å². The summed E-state index contributed by atoms with van der Waals surface area (Å²) in [6.07, 6.45) is 1.04. The number of hydrogen-bond donors (Lipinski definition) is 1. The lowest BCUT2D eigenvalue weighted by atomic mass is 10.1. The van der Waals surface area contributed by atoms with E-state index in [-0.39, 0.29) is 18.5 Å². The molecule has 33 heavy (non-hydrogen) atoms. The molecule has 9 heteroatoms. The molecule has 0 saturated heterocycles. The van der Waals surface area contributed by atoms with E-state index in [2.05, 4.69) is 5.32 Å². The highest BCUT2D eigenvalue weighted by molar-refractivity contribution is 7.92. The smallest absolute Gasteiger partial charge is 0.244 e. The van der Waals surface area contributed by atoms with Gasteiger partial charge in [0.05, 0.1) is 11.9 Å². The van der Waals surface area contributed by atoms with E-state index in [9.17, 15) is 18.0 Å². The van der Waals surface area contributed by atoms with Gasteiger partial charge >= 0.3 is 0 Å². The van der Waals surface area contributed by atoms with Crippen molar-refractivity contribution in [2.24, 2.45) is 0 Å². The molecule has 1 atom stereocenters. The fourth-order valence-electron chi connectivity index (χ4n) is 3.32. The summed E-state index contributed by atoms with van der Waals surface area (Å²) >= 11 is 6.10. The summed E-state index contributed by atoms with van der Waals surface area (Å²) in [6, 6.07) is 11.6. The topological polar surface area (TPSA) is 86.8 Å². The van der Waals surface area contributed by atoms with Crippen LogP contribution in [-0.2, 0) is 26.2 Å². The summed E-state index contributed by atoms with van der Waals surface area (Å²) in [5, 5.41) is 3.18. The highest BCUT2D eigenvalue weighted by Gasteiger charge is 2.30. The molecule has 0 fully saturated rings. The van der Waals surface area contributed by atoms with Crippen LogP contribution in [-0.4, -0.2) is 50.0 Å². The fraction of sp³-hybridized carbons (Fsp3) is 0.417. The third kappa shape index (κ3) is 7.47. The predicted molar refractivity (Wildman–Crippen MR) is 133 cm³/mol. The molecule has 0 aliphatic rings. The second kappa shape index (κ2) is 11.0. The summed E-state index contributed by atoms with van der Waals surface area (Å²) in [4.78, 5) is 27.6. The standard InChI is InChI=1S/C24H32ClN3O4S/c1-16(2)26-24(30)19(5)27(14-20-10-7-17(3)8-11-20)23(29)15-28(33(6,31)32)22-13-21(25)12-9-18(22)4/h7-13,16,19H,14-15H2,1-6H3,(H,26,30)/t19-/m1/s1. The van der Waals surface area contributed by atoms with E-state index < -0.39 is 28.5 Å². The number of sulfonamides is 1. The van der Waals surface area contributed by atoms with E-state index in [1.165, 1.54) is 11.0 Å². The minimum atomic E-state index is -3.80. The first-order chi connectivity index (χ1) is 15.3. The number of carbonyl (C=O) groups is 2. The molecular formula is C24H32ClN3O4S. The number of amides is 2. The quantitative estimate of drug-likeness (QED) is 0.577. The molecular weight excluding hydrogens is 462 g/mol. The Bertz CT molecular complexity index is 1100. The van der Waals surface area contributed by atoms with Gasteiger partial charge in [0.25, 0.3) is 0 Å². The molecule has 0 bridgehead atoms. The average Bonchev–Trinajstić information content (AvgIpc) is 2.71. The molecule has 2 aromatic rings. The second-order valence-corrected chi connectivity index (χ2v) is 10.9. The van der Waals surface area contributed by atoms with Crippen LogP contribution in [0.25, 0.3) is 0 Å². The lowest BCUT2D eigenvalue weighted by molar-refractivity contribution is -0.139. The van der Waals surface area contributed by atoms with Crippen molar-refractivity contribution >= 4 is 39.1 Å². The maximum absolute atomic E-state index is 13.5. The van der Waals surface area contributed by atoms with Crippen molar-refractivity contribution in [2.75, 3.05) is 17.1 Å². The maximum atomic E-state index is 13.5. The van der Waals surface area contributed by atoms with E-state index in [1.807, 2.05) is 45.0 Å². The van der Waals surface area contributed by atoms with Gasteiger partial charge in [-0.25, -0.2) is 8.42 Å². The van der Waals surface area contributed by atoms with Crippen LogP contribution in [0.3, 0.4) is 0 Å². The van der Waals surface area contributed by atoms with Crippen LogP contribution in [0.1, 0.15) is 37.5 Å². The number of benzene rings is 2. The Kier molecular flexibility index (Phi) is 8.91. The lowest BCUT2D eigenvalue weighted by Crippen LogP contribution is -2.52. The first kappa shape index (κ1) is 26.7. The largest absolute Gasteiger partial charge is 0.352 e. The molecule has 0 spiro atoms. The average molecular weight is 494 g/mol. The van der Waals surface area contributed by atoms with Crippen molar-refractivity contribution in [3.05, 3.63) is 64.2 Å². The van der Waals surface area contributed by atoms with Gasteiger partial charge in [0.1, 0.15) is 12.6 Å². The Morgan fingerprint density at radius 3 is 2.18 bits per heavy atom. The maximum Gasteiger partial charge on any atom is 0.244 e. The molecule has 180 valence electrons.